The third-order valence-electron chi connectivity index (χ3n) is 4.85. The summed E-state index contributed by atoms with van der Waals surface area (Å²) in [5.74, 6) is 0.977. The molecule has 0 saturated heterocycles. The molecule has 1 aliphatic carbocycles. The molecule has 1 aliphatic heterocycles. The lowest BCUT2D eigenvalue weighted by atomic mass is 9.58. The summed E-state index contributed by atoms with van der Waals surface area (Å²) in [5, 5.41) is 0. The predicted octanol–water partition coefficient (Wildman–Crippen LogP) is 5.21. The minimum absolute atomic E-state index is 0.0657. The number of halogens is 1. The van der Waals surface area contributed by atoms with Gasteiger partial charge in [-0.15, -0.1) is 0 Å². The maximum Gasteiger partial charge on any atom is 0.124 e. The van der Waals surface area contributed by atoms with E-state index in [2.05, 4.69) is 55.8 Å². The van der Waals surface area contributed by atoms with E-state index in [4.69, 9.17) is 10.5 Å². The monoisotopic (exact) mass is 351 g/mol. The molecule has 0 aromatic heterocycles. The van der Waals surface area contributed by atoms with Crippen LogP contribution in [0.3, 0.4) is 0 Å². The summed E-state index contributed by atoms with van der Waals surface area (Å²) < 4.78 is 7.63. The smallest absolute Gasteiger partial charge is 0.124 e. The van der Waals surface area contributed by atoms with Gasteiger partial charge in [0.25, 0.3) is 0 Å². The van der Waals surface area contributed by atoms with Crippen LogP contribution < -0.4 is 10.5 Å². The minimum atomic E-state index is -0.106. The molecule has 1 atom stereocenters. The van der Waals surface area contributed by atoms with Crippen LogP contribution in [-0.4, -0.2) is 5.60 Å². The third kappa shape index (κ3) is 3.00. The van der Waals surface area contributed by atoms with Crippen molar-refractivity contribution >= 4 is 15.9 Å². The number of ether oxygens (including phenoxy) is 1. The first-order chi connectivity index (χ1) is 9.60. The van der Waals surface area contributed by atoms with Crippen molar-refractivity contribution in [2.24, 2.45) is 16.6 Å². The topological polar surface area (TPSA) is 35.2 Å². The van der Waals surface area contributed by atoms with Gasteiger partial charge >= 0.3 is 0 Å². The van der Waals surface area contributed by atoms with Gasteiger partial charge in [0.15, 0.2) is 0 Å². The van der Waals surface area contributed by atoms with Gasteiger partial charge in [0.2, 0.25) is 0 Å². The Bertz CT molecular complexity index is 548. The van der Waals surface area contributed by atoms with E-state index in [1.54, 1.807) is 0 Å². The molecule has 1 fully saturated rings. The molecule has 0 radical (unpaired) electrons. The highest BCUT2D eigenvalue weighted by molar-refractivity contribution is 9.10. The molecule has 1 aromatic carbocycles. The summed E-state index contributed by atoms with van der Waals surface area (Å²) in [4.78, 5) is 0. The molecular weight excluding hydrogens is 326 g/mol. The van der Waals surface area contributed by atoms with E-state index in [0.717, 1.165) is 35.0 Å². The first-order valence-electron chi connectivity index (χ1n) is 7.84. The van der Waals surface area contributed by atoms with Crippen LogP contribution in [0.4, 0.5) is 0 Å². The molecule has 3 rings (SSSR count). The first kappa shape index (κ1) is 15.4. The molecule has 1 saturated carbocycles. The molecule has 2 nitrogen and oxygen atoms in total. The lowest BCUT2D eigenvalue weighted by Crippen LogP contribution is -2.52. The fourth-order valence-electron chi connectivity index (χ4n) is 5.13. The molecular formula is C18H26BrNO. The third-order valence-corrected chi connectivity index (χ3v) is 5.34. The Kier molecular flexibility index (Phi) is 3.46. The summed E-state index contributed by atoms with van der Waals surface area (Å²) in [7, 11) is 0. The highest BCUT2D eigenvalue weighted by Gasteiger charge is 2.51. The SMILES string of the molecule is CC1(C)CC(C)(C)CC2(CC(N)c3cc(Br)ccc3O2)C1. The zero-order valence-corrected chi connectivity index (χ0v) is 15.1. The number of benzene rings is 1. The molecule has 1 spiro atoms. The second-order valence-corrected chi connectivity index (χ2v) is 9.55. The maximum atomic E-state index is 6.56. The van der Waals surface area contributed by atoms with E-state index in [-0.39, 0.29) is 11.6 Å². The van der Waals surface area contributed by atoms with Crippen LogP contribution in [0.2, 0.25) is 0 Å². The molecule has 21 heavy (non-hydrogen) atoms. The summed E-state index contributed by atoms with van der Waals surface area (Å²) >= 11 is 3.53. The van der Waals surface area contributed by atoms with E-state index >= 15 is 0 Å². The number of hydrogen-bond acceptors (Lipinski definition) is 2. The highest BCUT2D eigenvalue weighted by atomic mass is 79.9. The van der Waals surface area contributed by atoms with Gasteiger partial charge in [-0.25, -0.2) is 0 Å². The zero-order chi connectivity index (χ0) is 15.5. The van der Waals surface area contributed by atoms with Crippen LogP contribution in [0.5, 0.6) is 5.75 Å². The molecule has 1 heterocycles. The molecule has 1 aromatic rings. The van der Waals surface area contributed by atoms with Crippen molar-refractivity contribution in [3.63, 3.8) is 0 Å². The van der Waals surface area contributed by atoms with Gasteiger partial charge in [-0.2, -0.15) is 0 Å². The Morgan fingerprint density at radius 1 is 1.10 bits per heavy atom. The van der Waals surface area contributed by atoms with Crippen molar-refractivity contribution in [1.29, 1.82) is 0 Å². The molecule has 0 bridgehead atoms. The van der Waals surface area contributed by atoms with Crippen LogP contribution in [-0.2, 0) is 0 Å². The van der Waals surface area contributed by atoms with Gasteiger partial charge < -0.3 is 10.5 Å². The molecule has 0 amide bonds. The quantitative estimate of drug-likeness (QED) is 0.696. The normalized spacial score (nSPS) is 28.8. The van der Waals surface area contributed by atoms with Crippen molar-refractivity contribution in [1.82, 2.24) is 0 Å². The highest BCUT2D eigenvalue weighted by Crippen LogP contribution is 2.56. The first-order valence-corrected chi connectivity index (χ1v) is 8.63. The molecule has 2 N–H and O–H groups in total. The van der Waals surface area contributed by atoms with Crippen molar-refractivity contribution in [3.8, 4) is 5.75 Å². The summed E-state index contributed by atoms with van der Waals surface area (Å²) in [5.41, 5.74) is 8.13. The number of hydrogen-bond donors (Lipinski definition) is 1. The van der Waals surface area contributed by atoms with E-state index in [1.807, 2.05) is 6.07 Å². The molecule has 2 aliphatic rings. The van der Waals surface area contributed by atoms with E-state index < -0.39 is 0 Å². The fraction of sp³-hybridized carbons (Fsp3) is 0.667. The van der Waals surface area contributed by atoms with Crippen molar-refractivity contribution in [2.75, 3.05) is 0 Å². The summed E-state index contributed by atoms with van der Waals surface area (Å²) in [6.07, 6.45) is 4.34. The lowest BCUT2D eigenvalue weighted by molar-refractivity contribution is -0.0839. The molecule has 3 heteroatoms. The van der Waals surface area contributed by atoms with E-state index in [0.29, 0.717) is 10.8 Å². The van der Waals surface area contributed by atoms with Crippen molar-refractivity contribution < 1.29 is 4.74 Å². The number of rotatable bonds is 0. The average molecular weight is 352 g/mol. The number of nitrogens with two attached hydrogens (primary N) is 1. The Hall–Kier alpha value is -0.540. The van der Waals surface area contributed by atoms with Gasteiger partial charge in [0, 0.05) is 22.5 Å². The largest absolute Gasteiger partial charge is 0.487 e. The van der Waals surface area contributed by atoms with E-state index in [1.165, 1.54) is 6.42 Å². The minimum Gasteiger partial charge on any atom is -0.487 e. The van der Waals surface area contributed by atoms with Crippen LogP contribution >= 0.6 is 15.9 Å². The Morgan fingerprint density at radius 3 is 2.33 bits per heavy atom. The predicted molar refractivity (Wildman–Crippen MR) is 90.5 cm³/mol. The van der Waals surface area contributed by atoms with Crippen LogP contribution in [0, 0.1) is 10.8 Å². The van der Waals surface area contributed by atoms with Gasteiger partial charge in [-0.05, 0) is 48.3 Å². The van der Waals surface area contributed by atoms with Gasteiger partial charge in [-0.1, -0.05) is 43.6 Å². The van der Waals surface area contributed by atoms with Gasteiger partial charge in [0.1, 0.15) is 11.4 Å². The number of fused-ring (bicyclic) bond motifs is 1. The lowest BCUT2D eigenvalue weighted by Gasteiger charge is -2.54. The van der Waals surface area contributed by atoms with Crippen LogP contribution in [0.1, 0.15) is 65.0 Å². The molecule has 1 unspecified atom stereocenters. The van der Waals surface area contributed by atoms with Crippen molar-refractivity contribution in [3.05, 3.63) is 28.2 Å². The Labute approximate surface area is 136 Å². The summed E-state index contributed by atoms with van der Waals surface area (Å²) in [6.45, 7) is 9.45. The standard InChI is InChI=1S/C18H26BrNO/c1-16(2)9-17(3,4)11-18(10-16)8-14(20)13-7-12(19)5-6-15(13)21-18/h5-7,14H,8-11,20H2,1-4H3. The van der Waals surface area contributed by atoms with Crippen molar-refractivity contribution in [2.45, 2.75) is 65.0 Å². The van der Waals surface area contributed by atoms with Crippen LogP contribution in [0.15, 0.2) is 22.7 Å². The van der Waals surface area contributed by atoms with Gasteiger partial charge in [0.05, 0.1) is 0 Å². The van der Waals surface area contributed by atoms with Crippen LogP contribution in [0.25, 0.3) is 0 Å². The van der Waals surface area contributed by atoms with E-state index in [9.17, 15) is 0 Å². The van der Waals surface area contributed by atoms with Gasteiger partial charge in [-0.3, -0.25) is 0 Å². The maximum absolute atomic E-state index is 6.56. The molecule has 116 valence electrons. The second kappa shape index (κ2) is 4.73. The average Bonchev–Trinajstić information content (AvgIpc) is 2.25. The Morgan fingerprint density at radius 2 is 1.71 bits per heavy atom. The fourth-order valence-corrected chi connectivity index (χ4v) is 5.51. The Balaban J connectivity index is 1.99. The summed E-state index contributed by atoms with van der Waals surface area (Å²) in [6, 6.07) is 6.28. The second-order valence-electron chi connectivity index (χ2n) is 8.64. The zero-order valence-electron chi connectivity index (χ0n) is 13.5.